The Morgan fingerprint density at radius 1 is 1.32 bits per heavy atom. The molecule has 2 fully saturated rings. The van der Waals surface area contributed by atoms with Crippen molar-refractivity contribution in [1.29, 1.82) is 0 Å². The predicted octanol–water partition coefficient (Wildman–Crippen LogP) is 1.27. The van der Waals surface area contributed by atoms with Gasteiger partial charge in [0, 0.05) is 31.7 Å². The zero-order valence-corrected chi connectivity index (χ0v) is 13.5. The summed E-state index contributed by atoms with van der Waals surface area (Å²) in [6.45, 7) is 11.2. The lowest BCUT2D eigenvalue weighted by atomic mass is 9.93. The Morgan fingerprint density at radius 3 is 2.47 bits per heavy atom. The van der Waals surface area contributed by atoms with E-state index in [4.69, 9.17) is 0 Å². The summed E-state index contributed by atoms with van der Waals surface area (Å²) in [4.78, 5) is 2.32. The third-order valence-electron chi connectivity index (χ3n) is 4.60. The Hall–Kier alpha value is -0.130. The maximum absolute atomic E-state index is 12.2. The van der Waals surface area contributed by atoms with Gasteiger partial charge in [0.2, 0.25) is 0 Å². The van der Waals surface area contributed by atoms with Crippen molar-refractivity contribution in [3.63, 3.8) is 0 Å². The van der Waals surface area contributed by atoms with E-state index in [1.807, 2.05) is 0 Å². The quantitative estimate of drug-likeness (QED) is 0.846. The van der Waals surface area contributed by atoms with Crippen molar-refractivity contribution in [2.75, 3.05) is 31.9 Å². The van der Waals surface area contributed by atoms with Gasteiger partial charge in [-0.1, -0.05) is 0 Å². The number of hydrogen-bond donors (Lipinski definition) is 1. The second kappa shape index (κ2) is 5.01. The van der Waals surface area contributed by atoms with Crippen LogP contribution in [0.15, 0.2) is 0 Å². The first-order chi connectivity index (χ1) is 8.64. The molecule has 0 aromatic heterocycles. The van der Waals surface area contributed by atoms with E-state index >= 15 is 0 Å². The Balaban J connectivity index is 1.90. The second-order valence-electron chi connectivity index (χ2n) is 7.33. The number of rotatable bonds is 4. The summed E-state index contributed by atoms with van der Waals surface area (Å²) in [5.74, 6) is 1.06. The van der Waals surface area contributed by atoms with Gasteiger partial charge in [-0.25, -0.2) is 8.42 Å². The summed E-state index contributed by atoms with van der Waals surface area (Å²) >= 11 is 0. The first-order valence-corrected chi connectivity index (χ1v) is 8.99. The lowest BCUT2D eigenvalue weighted by Crippen LogP contribution is -2.60. The van der Waals surface area contributed by atoms with Crippen LogP contribution in [0.5, 0.6) is 0 Å². The molecule has 1 saturated carbocycles. The standard InChI is InChI=1S/C14H28N2O2S/c1-13(2,3)19(17,18)10-9-16-8-7-15-14(4,11-16)12-5-6-12/h12,15H,5-11H2,1-4H3. The Kier molecular flexibility index (Phi) is 4.02. The minimum atomic E-state index is -3.00. The van der Waals surface area contributed by atoms with Gasteiger partial charge in [0.15, 0.2) is 9.84 Å². The Morgan fingerprint density at radius 2 is 1.95 bits per heavy atom. The van der Waals surface area contributed by atoms with Gasteiger partial charge < -0.3 is 5.32 Å². The molecule has 1 aliphatic carbocycles. The van der Waals surface area contributed by atoms with E-state index in [1.165, 1.54) is 12.8 Å². The number of sulfone groups is 1. The van der Waals surface area contributed by atoms with Crippen LogP contribution in [0.2, 0.25) is 0 Å². The highest BCUT2D eigenvalue weighted by Gasteiger charge is 2.44. The van der Waals surface area contributed by atoms with Gasteiger partial charge in [0.1, 0.15) is 0 Å². The predicted molar refractivity (Wildman–Crippen MR) is 79.1 cm³/mol. The summed E-state index contributed by atoms with van der Waals surface area (Å²) in [6, 6.07) is 0. The van der Waals surface area contributed by atoms with Crippen molar-refractivity contribution in [2.45, 2.75) is 50.8 Å². The molecular formula is C14H28N2O2S. The lowest BCUT2D eigenvalue weighted by molar-refractivity contribution is 0.133. The molecule has 0 aromatic carbocycles. The molecule has 0 spiro atoms. The van der Waals surface area contributed by atoms with Crippen molar-refractivity contribution in [3.05, 3.63) is 0 Å². The first-order valence-electron chi connectivity index (χ1n) is 7.34. The second-order valence-corrected chi connectivity index (χ2v) is 10.2. The van der Waals surface area contributed by atoms with Crippen LogP contribution < -0.4 is 5.32 Å². The molecule has 5 heteroatoms. The average Bonchev–Trinajstić information content (AvgIpc) is 3.09. The van der Waals surface area contributed by atoms with E-state index in [2.05, 4.69) is 17.1 Å². The maximum atomic E-state index is 12.2. The van der Waals surface area contributed by atoms with Gasteiger partial charge in [-0.3, -0.25) is 4.90 Å². The average molecular weight is 288 g/mol. The minimum absolute atomic E-state index is 0.198. The molecule has 1 heterocycles. The van der Waals surface area contributed by atoms with Crippen LogP contribution in [-0.4, -0.2) is 55.5 Å². The first kappa shape index (κ1) is 15.3. The molecule has 0 amide bonds. The van der Waals surface area contributed by atoms with E-state index < -0.39 is 14.6 Å². The van der Waals surface area contributed by atoms with Gasteiger partial charge in [-0.05, 0) is 46.5 Å². The van der Waals surface area contributed by atoms with Gasteiger partial charge in [-0.2, -0.15) is 0 Å². The van der Waals surface area contributed by atoms with Crippen molar-refractivity contribution >= 4 is 9.84 Å². The fraction of sp³-hybridized carbons (Fsp3) is 1.00. The largest absolute Gasteiger partial charge is 0.309 e. The van der Waals surface area contributed by atoms with E-state index in [-0.39, 0.29) is 11.3 Å². The normalized spacial score (nSPS) is 30.5. The number of hydrogen-bond acceptors (Lipinski definition) is 4. The summed E-state index contributed by atoms with van der Waals surface area (Å²) in [6.07, 6.45) is 2.63. The molecule has 0 aromatic rings. The molecule has 1 aliphatic heterocycles. The van der Waals surface area contributed by atoms with E-state index in [0.717, 1.165) is 25.6 Å². The lowest BCUT2D eigenvalue weighted by Gasteiger charge is -2.42. The van der Waals surface area contributed by atoms with Crippen LogP contribution >= 0.6 is 0 Å². The topological polar surface area (TPSA) is 49.4 Å². The van der Waals surface area contributed by atoms with Crippen LogP contribution in [0.3, 0.4) is 0 Å². The van der Waals surface area contributed by atoms with Crippen LogP contribution in [0.1, 0.15) is 40.5 Å². The van der Waals surface area contributed by atoms with Crippen molar-refractivity contribution < 1.29 is 8.42 Å². The zero-order chi connectivity index (χ0) is 14.3. The molecule has 0 radical (unpaired) electrons. The monoisotopic (exact) mass is 288 g/mol. The highest BCUT2D eigenvalue weighted by molar-refractivity contribution is 7.92. The summed E-state index contributed by atoms with van der Waals surface area (Å²) < 4.78 is 23.7. The van der Waals surface area contributed by atoms with Crippen molar-refractivity contribution in [3.8, 4) is 0 Å². The summed E-state index contributed by atoms with van der Waals surface area (Å²) in [7, 11) is -3.00. The minimum Gasteiger partial charge on any atom is -0.309 e. The summed E-state index contributed by atoms with van der Waals surface area (Å²) in [5.41, 5.74) is 0.198. The molecule has 2 rings (SSSR count). The number of nitrogens with zero attached hydrogens (tertiary/aromatic N) is 1. The third-order valence-corrected chi connectivity index (χ3v) is 7.18. The van der Waals surface area contributed by atoms with Crippen molar-refractivity contribution in [1.82, 2.24) is 10.2 Å². The molecular weight excluding hydrogens is 260 g/mol. The van der Waals surface area contributed by atoms with Crippen LogP contribution in [0.25, 0.3) is 0 Å². The van der Waals surface area contributed by atoms with Gasteiger partial charge in [0.25, 0.3) is 0 Å². The fourth-order valence-electron chi connectivity index (χ4n) is 2.84. The highest BCUT2D eigenvalue weighted by Crippen LogP contribution is 2.40. The van der Waals surface area contributed by atoms with E-state index in [9.17, 15) is 8.42 Å². The van der Waals surface area contributed by atoms with Crippen LogP contribution in [0, 0.1) is 5.92 Å². The third kappa shape index (κ3) is 3.50. The summed E-state index contributed by atoms with van der Waals surface area (Å²) in [5, 5.41) is 3.62. The smallest absolute Gasteiger partial charge is 0.156 e. The van der Waals surface area contributed by atoms with Crippen molar-refractivity contribution in [2.24, 2.45) is 5.92 Å². The van der Waals surface area contributed by atoms with Gasteiger partial charge in [-0.15, -0.1) is 0 Å². The fourth-order valence-corrected chi connectivity index (χ4v) is 3.95. The molecule has 1 atom stereocenters. The molecule has 19 heavy (non-hydrogen) atoms. The maximum Gasteiger partial charge on any atom is 0.156 e. The highest BCUT2D eigenvalue weighted by atomic mass is 32.2. The number of nitrogens with one attached hydrogen (secondary N) is 1. The van der Waals surface area contributed by atoms with Gasteiger partial charge in [0.05, 0.1) is 10.5 Å². The molecule has 4 nitrogen and oxygen atoms in total. The SMILES string of the molecule is CC1(C2CC2)CN(CCS(=O)(=O)C(C)(C)C)CCN1. The van der Waals surface area contributed by atoms with E-state index in [1.54, 1.807) is 20.8 Å². The van der Waals surface area contributed by atoms with Crippen LogP contribution in [-0.2, 0) is 9.84 Å². The molecule has 0 bridgehead atoms. The Bertz CT molecular complexity index is 423. The Labute approximate surface area is 117 Å². The molecule has 1 saturated heterocycles. The molecule has 1 N–H and O–H groups in total. The van der Waals surface area contributed by atoms with Crippen LogP contribution in [0.4, 0.5) is 0 Å². The van der Waals surface area contributed by atoms with Gasteiger partial charge >= 0.3 is 0 Å². The number of piperazine rings is 1. The zero-order valence-electron chi connectivity index (χ0n) is 12.7. The molecule has 1 unspecified atom stereocenters. The molecule has 112 valence electrons. The van der Waals surface area contributed by atoms with E-state index in [0.29, 0.717) is 6.54 Å². The molecule has 2 aliphatic rings.